The van der Waals surface area contributed by atoms with Gasteiger partial charge < -0.3 is 11.1 Å². The summed E-state index contributed by atoms with van der Waals surface area (Å²) >= 11 is 0. The second-order valence-electron chi connectivity index (χ2n) is 4.70. The van der Waals surface area contributed by atoms with Crippen LogP contribution in [0.3, 0.4) is 0 Å². The molecule has 0 bridgehead atoms. The minimum atomic E-state index is -0.263. The molecule has 0 atom stereocenters. The van der Waals surface area contributed by atoms with Crippen LogP contribution >= 0.6 is 0 Å². The van der Waals surface area contributed by atoms with Crippen molar-refractivity contribution in [3.05, 3.63) is 72.7 Å². The van der Waals surface area contributed by atoms with Gasteiger partial charge in [0.15, 0.2) is 0 Å². The van der Waals surface area contributed by atoms with Gasteiger partial charge in [-0.15, -0.1) is 6.58 Å². The van der Waals surface area contributed by atoms with Crippen LogP contribution in [-0.2, 0) is 0 Å². The number of nitrogens with two attached hydrogens (primary N) is 1. The van der Waals surface area contributed by atoms with Crippen LogP contribution in [0.25, 0.3) is 0 Å². The Morgan fingerprint density at radius 1 is 1.52 bits per heavy atom. The molecule has 0 radical (unpaired) electrons. The Bertz CT molecular complexity index is 657. The van der Waals surface area contributed by atoms with Gasteiger partial charge in [-0.25, -0.2) is 4.98 Å². The first-order valence-electron chi connectivity index (χ1n) is 7.24. The summed E-state index contributed by atoms with van der Waals surface area (Å²) in [5.74, 6) is 0.0370. The van der Waals surface area contributed by atoms with Gasteiger partial charge >= 0.3 is 0 Å². The van der Waals surface area contributed by atoms with Crippen molar-refractivity contribution in [2.24, 2.45) is 4.99 Å². The van der Waals surface area contributed by atoms with E-state index in [1.807, 2.05) is 13.0 Å². The van der Waals surface area contributed by atoms with E-state index < -0.39 is 0 Å². The number of aliphatic imine (C=N–C) groups is 1. The van der Waals surface area contributed by atoms with Crippen molar-refractivity contribution in [3.63, 3.8) is 0 Å². The molecule has 23 heavy (non-hydrogen) atoms. The maximum Gasteiger partial charge on any atom is 0.255 e. The first kappa shape index (κ1) is 18.1. The Labute approximate surface area is 137 Å². The number of hydrogen-bond donors (Lipinski definition) is 2. The fourth-order valence-corrected chi connectivity index (χ4v) is 1.71. The smallest absolute Gasteiger partial charge is 0.255 e. The van der Waals surface area contributed by atoms with Gasteiger partial charge in [0.2, 0.25) is 0 Å². The van der Waals surface area contributed by atoms with Crippen molar-refractivity contribution >= 4 is 17.9 Å². The molecule has 1 aromatic heterocycles. The Balaban J connectivity index is 2.87. The topological polar surface area (TPSA) is 80.4 Å². The summed E-state index contributed by atoms with van der Waals surface area (Å²) in [5.41, 5.74) is 7.71. The van der Waals surface area contributed by atoms with E-state index in [1.165, 1.54) is 12.3 Å². The molecule has 0 aliphatic heterocycles. The molecule has 0 spiro atoms. The Hall–Kier alpha value is -2.95. The largest absolute Gasteiger partial charge is 0.384 e. The minimum Gasteiger partial charge on any atom is -0.384 e. The van der Waals surface area contributed by atoms with Crippen LogP contribution < -0.4 is 11.1 Å². The van der Waals surface area contributed by atoms with Crippen LogP contribution in [-0.4, -0.2) is 17.1 Å². The van der Waals surface area contributed by atoms with Gasteiger partial charge in [-0.1, -0.05) is 12.7 Å². The van der Waals surface area contributed by atoms with Crippen LogP contribution in [0, 0.1) is 0 Å². The molecule has 0 unspecified atom stereocenters. The molecule has 5 heteroatoms. The molecule has 1 heterocycles. The van der Waals surface area contributed by atoms with E-state index in [0.717, 1.165) is 24.0 Å². The van der Waals surface area contributed by atoms with E-state index in [0.29, 0.717) is 11.4 Å². The first-order chi connectivity index (χ1) is 11.1. The lowest BCUT2D eigenvalue weighted by atomic mass is 10.0. The van der Waals surface area contributed by atoms with Crippen molar-refractivity contribution in [2.45, 2.75) is 19.8 Å². The quantitative estimate of drug-likeness (QED) is 0.438. The first-order valence-corrected chi connectivity index (χ1v) is 7.24. The summed E-state index contributed by atoms with van der Waals surface area (Å²) in [7, 11) is 0. The number of nitrogens with zero attached hydrogens (tertiary/aromatic N) is 2. The van der Waals surface area contributed by atoms with Crippen molar-refractivity contribution in [1.29, 1.82) is 0 Å². The summed E-state index contributed by atoms with van der Waals surface area (Å²) in [5, 5.41) is 2.74. The minimum absolute atomic E-state index is 0.263. The van der Waals surface area contributed by atoms with Crippen LogP contribution in [0.15, 0.2) is 72.2 Å². The van der Waals surface area contributed by atoms with Crippen LogP contribution in [0.4, 0.5) is 5.82 Å². The van der Waals surface area contributed by atoms with Gasteiger partial charge in [0.1, 0.15) is 5.82 Å². The van der Waals surface area contributed by atoms with Gasteiger partial charge in [-0.2, -0.15) is 0 Å². The standard InChI is InChI=1S/C18H22N4O/c1-4-6-7-14(3)16(8-10-20-5-2)13-22-18(23)15-9-11-21-17(19)12-15/h4-5,8-13H,1,3,6-7H2,2H3,(H2,19,21)(H,22,23)/b10-8-,16-13-,20-5?. The second-order valence-corrected chi connectivity index (χ2v) is 4.70. The highest BCUT2D eigenvalue weighted by atomic mass is 16.1. The lowest BCUT2D eigenvalue weighted by Crippen LogP contribution is -2.18. The van der Waals surface area contributed by atoms with Gasteiger partial charge in [-0.3, -0.25) is 9.79 Å². The number of anilines is 1. The number of pyridine rings is 1. The number of nitrogen functional groups attached to an aromatic ring is 1. The average molecular weight is 310 g/mol. The van der Waals surface area contributed by atoms with E-state index in [4.69, 9.17) is 5.73 Å². The zero-order valence-electron chi connectivity index (χ0n) is 13.3. The SMILES string of the molecule is C=CCCC(=C)C(/C=C\N=CC)=C\NC(=O)c1ccnc(N)c1. The van der Waals surface area contributed by atoms with E-state index in [1.54, 1.807) is 30.8 Å². The van der Waals surface area contributed by atoms with Crippen molar-refractivity contribution in [1.82, 2.24) is 10.3 Å². The Morgan fingerprint density at radius 2 is 2.30 bits per heavy atom. The monoisotopic (exact) mass is 310 g/mol. The fourth-order valence-electron chi connectivity index (χ4n) is 1.71. The number of carbonyl (C=O) groups excluding carboxylic acids is 1. The van der Waals surface area contributed by atoms with Gasteiger partial charge in [-0.05, 0) is 49.1 Å². The molecule has 0 saturated heterocycles. The summed E-state index contributed by atoms with van der Waals surface area (Å²) in [6, 6.07) is 3.12. The molecule has 0 aliphatic carbocycles. The average Bonchev–Trinajstić information content (AvgIpc) is 2.55. The van der Waals surface area contributed by atoms with Crippen LogP contribution in [0.1, 0.15) is 30.1 Å². The normalized spacial score (nSPS) is 11.8. The molecule has 1 aromatic rings. The molecule has 3 N–H and O–H groups in total. The third-order valence-corrected chi connectivity index (χ3v) is 2.95. The number of rotatable bonds is 8. The predicted molar refractivity (Wildman–Crippen MR) is 96.1 cm³/mol. The highest BCUT2D eigenvalue weighted by Crippen LogP contribution is 2.15. The Morgan fingerprint density at radius 3 is 2.96 bits per heavy atom. The van der Waals surface area contributed by atoms with Crippen molar-refractivity contribution in [3.8, 4) is 0 Å². The third kappa shape index (κ3) is 6.56. The highest BCUT2D eigenvalue weighted by Gasteiger charge is 2.05. The van der Waals surface area contributed by atoms with Crippen molar-refractivity contribution < 1.29 is 4.79 Å². The number of aromatic nitrogens is 1. The van der Waals surface area contributed by atoms with Gasteiger partial charge in [0, 0.05) is 30.4 Å². The van der Waals surface area contributed by atoms with E-state index in [2.05, 4.69) is 28.5 Å². The molecule has 1 rings (SSSR count). The molecule has 0 fully saturated rings. The molecule has 0 aliphatic rings. The van der Waals surface area contributed by atoms with Crippen LogP contribution in [0.5, 0.6) is 0 Å². The molecule has 120 valence electrons. The van der Waals surface area contributed by atoms with E-state index in [9.17, 15) is 4.79 Å². The molecule has 0 saturated carbocycles. The molecule has 5 nitrogen and oxygen atoms in total. The molecule has 0 aromatic carbocycles. The third-order valence-electron chi connectivity index (χ3n) is 2.95. The summed E-state index contributed by atoms with van der Waals surface area (Å²) in [4.78, 5) is 20.0. The second kappa shape index (κ2) is 9.89. The highest BCUT2D eigenvalue weighted by molar-refractivity contribution is 5.95. The number of nitrogens with one attached hydrogen (secondary N) is 1. The van der Waals surface area contributed by atoms with Crippen molar-refractivity contribution in [2.75, 3.05) is 5.73 Å². The molecule has 1 amide bonds. The number of carbonyl (C=O) groups is 1. The number of amides is 1. The summed E-state index contributed by atoms with van der Waals surface area (Å²) in [6.45, 7) is 9.56. The number of hydrogen-bond acceptors (Lipinski definition) is 4. The maximum atomic E-state index is 12.1. The van der Waals surface area contributed by atoms with E-state index >= 15 is 0 Å². The Kier molecular flexibility index (Phi) is 7.78. The summed E-state index contributed by atoms with van der Waals surface area (Å²) < 4.78 is 0. The van der Waals surface area contributed by atoms with Crippen LogP contribution in [0.2, 0.25) is 0 Å². The number of allylic oxidation sites excluding steroid dienone is 4. The summed E-state index contributed by atoms with van der Waals surface area (Å²) in [6.07, 6.45) is 11.6. The zero-order chi connectivity index (χ0) is 17.1. The van der Waals surface area contributed by atoms with Gasteiger partial charge in [0.05, 0.1) is 0 Å². The van der Waals surface area contributed by atoms with E-state index in [-0.39, 0.29) is 5.91 Å². The zero-order valence-corrected chi connectivity index (χ0v) is 13.3. The predicted octanol–water partition coefficient (Wildman–Crippen LogP) is 3.40. The lowest BCUT2D eigenvalue weighted by molar-refractivity contribution is 0.0970. The molecular weight excluding hydrogens is 288 g/mol. The van der Waals surface area contributed by atoms with Gasteiger partial charge in [0.25, 0.3) is 5.91 Å². The lowest BCUT2D eigenvalue weighted by Gasteiger charge is -2.07. The molecular formula is C18H22N4O. The maximum absolute atomic E-state index is 12.1. The fraction of sp³-hybridized carbons (Fsp3) is 0.167.